The molecule has 29 heavy (non-hydrogen) atoms. The Hall–Kier alpha value is -2.16. The van der Waals surface area contributed by atoms with E-state index >= 15 is 0 Å². The van der Waals surface area contributed by atoms with Crippen LogP contribution in [-0.4, -0.2) is 38.8 Å². The fraction of sp³-hybridized carbons (Fsp3) is 0.389. The molecule has 1 unspecified atom stereocenters. The standard InChI is InChI=1S/C18H17ClFN5O3S/c1-18(8-28-9-18)24-29(27)16-12-3-2-4-25(12)15(14(16)19)17(26)23-10-5-11(7-21)22-13(20)6-10/h5-6,24H,2-4,8-9H2,1H3,(H,22,23,26). The highest BCUT2D eigenvalue weighted by Gasteiger charge is 2.42. The van der Waals surface area contributed by atoms with Crippen LogP contribution in [0.3, 0.4) is 0 Å². The molecule has 4 rings (SSSR count). The quantitative estimate of drug-likeness (QED) is 0.547. The molecule has 11 heteroatoms. The molecule has 1 saturated heterocycles. The number of rotatable bonds is 5. The first-order chi connectivity index (χ1) is 13.8. The zero-order chi connectivity index (χ0) is 20.8. The summed E-state index contributed by atoms with van der Waals surface area (Å²) in [4.78, 5) is 16.7. The van der Waals surface area contributed by atoms with Gasteiger partial charge in [-0.05, 0) is 25.8 Å². The van der Waals surface area contributed by atoms with Gasteiger partial charge in [0.15, 0.2) is 0 Å². The van der Waals surface area contributed by atoms with Gasteiger partial charge < -0.3 is 19.2 Å². The second-order valence-corrected chi connectivity index (χ2v) is 8.78. The molecule has 1 fully saturated rings. The summed E-state index contributed by atoms with van der Waals surface area (Å²) in [5.41, 5.74) is 0.424. The molecule has 0 bridgehead atoms. The monoisotopic (exact) mass is 437 g/mol. The number of nitriles is 1. The molecule has 1 amide bonds. The lowest BCUT2D eigenvalue weighted by molar-refractivity contribution is -0.0523. The number of hydrogen-bond acceptors (Lipinski definition) is 6. The molecule has 2 N–H and O–H groups in total. The van der Waals surface area contributed by atoms with E-state index < -0.39 is 28.8 Å². The molecule has 2 aromatic heterocycles. The molecule has 8 nitrogen and oxygen atoms in total. The molecular weight excluding hydrogens is 421 g/mol. The van der Waals surface area contributed by atoms with E-state index in [2.05, 4.69) is 15.0 Å². The second-order valence-electron chi connectivity index (χ2n) is 7.25. The van der Waals surface area contributed by atoms with Crippen LogP contribution >= 0.6 is 11.6 Å². The number of amides is 1. The summed E-state index contributed by atoms with van der Waals surface area (Å²) in [5, 5.41) is 11.6. The van der Waals surface area contributed by atoms with E-state index in [0.29, 0.717) is 31.1 Å². The van der Waals surface area contributed by atoms with Crippen LogP contribution in [0.25, 0.3) is 0 Å². The third kappa shape index (κ3) is 3.72. The molecule has 0 aliphatic carbocycles. The number of halogens is 2. The minimum Gasteiger partial charge on any atom is -0.593 e. The lowest BCUT2D eigenvalue weighted by atomic mass is 10.0. The number of nitrogens with one attached hydrogen (secondary N) is 2. The van der Waals surface area contributed by atoms with E-state index in [1.165, 1.54) is 6.07 Å². The lowest BCUT2D eigenvalue weighted by Gasteiger charge is -2.37. The number of nitrogens with zero attached hydrogens (tertiary/aromatic N) is 3. The fourth-order valence-electron chi connectivity index (χ4n) is 3.48. The minimum absolute atomic E-state index is 0.0867. The zero-order valence-electron chi connectivity index (χ0n) is 15.4. The number of aromatic nitrogens is 2. The van der Waals surface area contributed by atoms with Crippen LogP contribution in [0, 0.1) is 17.3 Å². The van der Waals surface area contributed by atoms with Crippen molar-refractivity contribution in [3.63, 3.8) is 0 Å². The molecule has 0 aromatic carbocycles. The van der Waals surface area contributed by atoms with E-state index in [1.807, 2.05) is 6.92 Å². The number of carbonyl (C=O) groups is 1. The van der Waals surface area contributed by atoms with Crippen molar-refractivity contribution in [2.45, 2.75) is 36.7 Å². The van der Waals surface area contributed by atoms with Crippen LogP contribution in [-0.2, 0) is 29.1 Å². The largest absolute Gasteiger partial charge is 0.593 e. The van der Waals surface area contributed by atoms with Crippen LogP contribution in [0.2, 0.25) is 5.02 Å². The van der Waals surface area contributed by atoms with Crippen molar-refractivity contribution in [3.8, 4) is 6.07 Å². The first-order valence-electron chi connectivity index (χ1n) is 8.88. The molecule has 0 spiro atoms. The number of anilines is 1. The van der Waals surface area contributed by atoms with Crippen molar-refractivity contribution < 1.29 is 18.5 Å². The van der Waals surface area contributed by atoms with Crippen LogP contribution in [0.1, 0.15) is 35.2 Å². The number of pyridine rings is 1. The van der Waals surface area contributed by atoms with Crippen molar-refractivity contribution in [3.05, 3.63) is 40.2 Å². The van der Waals surface area contributed by atoms with E-state index in [9.17, 15) is 13.7 Å². The van der Waals surface area contributed by atoms with Gasteiger partial charge in [-0.15, -0.1) is 4.72 Å². The third-order valence-electron chi connectivity index (χ3n) is 4.81. The molecule has 1 atom stereocenters. The maximum atomic E-state index is 13.6. The van der Waals surface area contributed by atoms with Gasteiger partial charge in [-0.1, -0.05) is 11.6 Å². The highest BCUT2D eigenvalue weighted by atomic mass is 35.5. The topological polar surface area (TPSA) is 115 Å². The van der Waals surface area contributed by atoms with E-state index in [1.54, 1.807) is 10.6 Å². The van der Waals surface area contributed by atoms with Gasteiger partial charge >= 0.3 is 0 Å². The van der Waals surface area contributed by atoms with E-state index in [4.69, 9.17) is 21.6 Å². The zero-order valence-corrected chi connectivity index (χ0v) is 17.0. The maximum Gasteiger partial charge on any atom is 0.274 e. The first-order valence-corrected chi connectivity index (χ1v) is 10.4. The Labute approximate surface area is 174 Å². The van der Waals surface area contributed by atoms with Gasteiger partial charge in [0.25, 0.3) is 5.91 Å². The average molecular weight is 438 g/mol. The summed E-state index contributed by atoms with van der Waals surface area (Å²) < 4.78 is 36.5. The average Bonchev–Trinajstić information content (AvgIpc) is 3.18. The molecule has 2 aliphatic rings. The Morgan fingerprint density at radius 1 is 1.52 bits per heavy atom. The lowest BCUT2D eigenvalue weighted by Crippen LogP contribution is -2.59. The highest BCUT2D eigenvalue weighted by molar-refractivity contribution is 7.89. The molecule has 4 heterocycles. The Morgan fingerprint density at radius 3 is 2.93 bits per heavy atom. The van der Waals surface area contributed by atoms with Gasteiger partial charge in [0.05, 0.1) is 30.3 Å². The van der Waals surface area contributed by atoms with Crippen molar-refractivity contribution in [2.24, 2.45) is 0 Å². The SMILES string of the molecule is CC1(N[S+]([O-])c2c(Cl)c(C(=O)Nc3cc(F)nc(C#N)c3)n3c2CCC3)COC1. The van der Waals surface area contributed by atoms with E-state index in [-0.39, 0.29) is 22.1 Å². The van der Waals surface area contributed by atoms with Gasteiger partial charge in [-0.25, -0.2) is 4.98 Å². The van der Waals surface area contributed by atoms with E-state index in [0.717, 1.165) is 18.2 Å². The number of carbonyl (C=O) groups excluding carboxylic acids is 1. The van der Waals surface area contributed by atoms with Crippen molar-refractivity contribution in [2.75, 3.05) is 18.5 Å². The molecule has 152 valence electrons. The Kier molecular flexibility index (Phi) is 5.27. The molecule has 2 aromatic rings. The fourth-order valence-corrected chi connectivity index (χ4v) is 5.34. The highest BCUT2D eigenvalue weighted by Crippen LogP contribution is 2.37. The van der Waals surface area contributed by atoms with Crippen molar-refractivity contribution in [1.29, 1.82) is 5.26 Å². The van der Waals surface area contributed by atoms with Gasteiger partial charge in [0.2, 0.25) is 10.8 Å². The summed E-state index contributed by atoms with van der Waals surface area (Å²) in [6, 6.07) is 4.01. The number of ether oxygens (including phenoxy) is 1. The van der Waals surface area contributed by atoms with Crippen LogP contribution in [0.5, 0.6) is 0 Å². The normalized spacial score (nSPS) is 17.9. The second kappa shape index (κ2) is 7.59. The molecular formula is C18H17ClFN5O3S. The summed E-state index contributed by atoms with van der Waals surface area (Å²) in [6.45, 7) is 3.34. The van der Waals surface area contributed by atoms with Crippen molar-refractivity contribution in [1.82, 2.24) is 14.3 Å². The first kappa shape index (κ1) is 20.1. The van der Waals surface area contributed by atoms with Gasteiger partial charge in [-0.2, -0.15) is 9.65 Å². The Bertz CT molecular complexity index is 1030. The molecule has 0 saturated carbocycles. The molecule has 0 radical (unpaired) electrons. The van der Waals surface area contributed by atoms with Gasteiger partial charge in [0.1, 0.15) is 28.0 Å². The van der Waals surface area contributed by atoms with Gasteiger partial charge in [0, 0.05) is 18.3 Å². The number of hydrogen-bond donors (Lipinski definition) is 2. The third-order valence-corrected chi connectivity index (χ3v) is 6.78. The molecule has 2 aliphatic heterocycles. The predicted octanol–water partition coefficient (Wildman–Crippen LogP) is 2.15. The van der Waals surface area contributed by atoms with Gasteiger partial charge in [-0.3, -0.25) is 4.79 Å². The van der Waals surface area contributed by atoms with Crippen molar-refractivity contribution >= 4 is 34.6 Å². The summed E-state index contributed by atoms with van der Waals surface area (Å²) in [5.74, 6) is -1.46. The summed E-state index contributed by atoms with van der Waals surface area (Å²) in [6.07, 6.45) is 1.44. The summed E-state index contributed by atoms with van der Waals surface area (Å²) >= 11 is 4.88. The maximum absolute atomic E-state index is 13.6. The van der Waals surface area contributed by atoms with Crippen LogP contribution < -0.4 is 10.0 Å². The predicted molar refractivity (Wildman–Crippen MR) is 103 cm³/mol. The number of fused-ring (bicyclic) bond motifs is 1. The Balaban J connectivity index is 1.65. The summed E-state index contributed by atoms with van der Waals surface area (Å²) in [7, 11) is 0. The Morgan fingerprint density at radius 2 is 2.28 bits per heavy atom. The van der Waals surface area contributed by atoms with Crippen LogP contribution in [0.15, 0.2) is 17.0 Å². The van der Waals surface area contributed by atoms with Crippen LogP contribution in [0.4, 0.5) is 10.1 Å². The minimum atomic E-state index is -1.62. The smallest absolute Gasteiger partial charge is 0.274 e.